The van der Waals surface area contributed by atoms with Crippen molar-refractivity contribution in [2.24, 2.45) is 0 Å². The van der Waals surface area contributed by atoms with Crippen LogP contribution in [0.4, 0.5) is 5.69 Å². The van der Waals surface area contributed by atoms with Crippen LogP contribution in [0.5, 0.6) is 0 Å². The lowest BCUT2D eigenvalue weighted by atomic mass is 9.88. The molecule has 0 bridgehead atoms. The number of carbonyl (C=O) groups excluding carboxylic acids is 1. The van der Waals surface area contributed by atoms with Gasteiger partial charge in [0.05, 0.1) is 11.0 Å². The molecule has 1 fully saturated rings. The number of hydrogen-bond donors (Lipinski definition) is 0. The molecule has 0 unspecified atom stereocenters. The van der Waals surface area contributed by atoms with Crippen LogP contribution in [0, 0.1) is 0 Å². The van der Waals surface area contributed by atoms with E-state index in [1.165, 1.54) is 32.1 Å². The maximum Gasteiger partial charge on any atom is 0.246 e. The summed E-state index contributed by atoms with van der Waals surface area (Å²) in [5, 5.41) is 0. The first kappa shape index (κ1) is 16.8. The Morgan fingerprint density at radius 1 is 1.04 bits per heavy atom. The summed E-state index contributed by atoms with van der Waals surface area (Å²) in [4.78, 5) is 19.6. The van der Waals surface area contributed by atoms with Gasteiger partial charge in [0.1, 0.15) is 12.4 Å². The Bertz CT molecular complexity index is 894. The fraction of sp³-hybridized carbons (Fsp3) is 0.364. The maximum atomic E-state index is 13.0. The Labute approximate surface area is 154 Å². The van der Waals surface area contributed by atoms with Crippen LogP contribution in [0.1, 0.15) is 43.8 Å². The van der Waals surface area contributed by atoms with E-state index in [1.807, 2.05) is 55.6 Å². The lowest BCUT2D eigenvalue weighted by Gasteiger charge is -2.23. The molecular formula is C22H25N3O. The second-order valence-electron chi connectivity index (χ2n) is 7.17. The van der Waals surface area contributed by atoms with Crippen molar-refractivity contribution < 1.29 is 4.79 Å². The Morgan fingerprint density at radius 3 is 2.50 bits per heavy atom. The molecule has 0 aliphatic heterocycles. The third-order valence-electron chi connectivity index (χ3n) is 5.47. The molecule has 4 heteroatoms. The summed E-state index contributed by atoms with van der Waals surface area (Å²) >= 11 is 0. The number of amides is 1. The van der Waals surface area contributed by atoms with Gasteiger partial charge < -0.3 is 9.47 Å². The van der Waals surface area contributed by atoms with Gasteiger partial charge in [-0.05, 0) is 37.1 Å². The molecule has 0 spiro atoms. The third kappa shape index (κ3) is 3.24. The van der Waals surface area contributed by atoms with Gasteiger partial charge in [0.25, 0.3) is 0 Å². The monoisotopic (exact) mass is 347 g/mol. The van der Waals surface area contributed by atoms with Gasteiger partial charge in [-0.25, -0.2) is 4.98 Å². The molecule has 1 aliphatic rings. The number of nitrogens with zero attached hydrogens (tertiary/aromatic N) is 3. The van der Waals surface area contributed by atoms with E-state index in [0.29, 0.717) is 12.5 Å². The van der Waals surface area contributed by atoms with Crippen molar-refractivity contribution >= 4 is 22.6 Å². The molecule has 26 heavy (non-hydrogen) atoms. The smallest absolute Gasteiger partial charge is 0.246 e. The van der Waals surface area contributed by atoms with E-state index >= 15 is 0 Å². The Morgan fingerprint density at radius 2 is 1.73 bits per heavy atom. The molecule has 1 saturated carbocycles. The summed E-state index contributed by atoms with van der Waals surface area (Å²) in [5.74, 6) is 1.63. The number of para-hydroxylation sites is 3. The highest BCUT2D eigenvalue weighted by Gasteiger charge is 2.24. The average Bonchev–Trinajstić information content (AvgIpc) is 3.07. The van der Waals surface area contributed by atoms with Crippen LogP contribution in [0.15, 0.2) is 54.6 Å². The SMILES string of the molecule is CN(C(=O)Cn1c(C2CCCCC2)nc2ccccc21)c1ccccc1. The number of likely N-dealkylation sites (N-methyl/N-ethyl adjacent to an activating group) is 1. The molecule has 0 saturated heterocycles. The van der Waals surface area contributed by atoms with Gasteiger partial charge in [-0.3, -0.25) is 4.79 Å². The quantitative estimate of drug-likeness (QED) is 0.683. The molecule has 2 aromatic carbocycles. The molecule has 4 rings (SSSR count). The maximum absolute atomic E-state index is 13.0. The first-order valence-electron chi connectivity index (χ1n) is 9.51. The van der Waals surface area contributed by atoms with Crippen LogP contribution >= 0.6 is 0 Å². The van der Waals surface area contributed by atoms with Gasteiger partial charge in [0.15, 0.2) is 0 Å². The molecule has 4 nitrogen and oxygen atoms in total. The molecule has 1 heterocycles. The van der Waals surface area contributed by atoms with E-state index in [9.17, 15) is 4.79 Å². The van der Waals surface area contributed by atoms with E-state index in [0.717, 1.165) is 22.5 Å². The predicted molar refractivity (Wildman–Crippen MR) is 105 cm³/mol. The van der Waals surface area contributed by atoms with Crippen molar-refractivity contribution in [2.75, 3.05) is 11.9 Å². The van der Waals surface area contributed by atoms with E-state index in [1.54, 1.807) is 4.90 Å². The number of imidazole rings is 1. The number of rotatable bonds is 4. The molecule has 0 radical (unpaired) electrons. The van der Waals surface area contributed by atoms with E-state index in [4.69, 9.17) is 4.98 Å². The number of aromatic nitrogens is 2. The summed E-state index contributed by atoms with van der Waals surface area (Å²) in [7, 11) is 1.84. The van der Waals surface area contributed by atoms with Crippen LogP contribution in [-0.2, 0) is 11.3 Å². The van der Waals surface area contributed by atoms with Gasteiger partial charge >= 0.3 is 0 Å². The van der Waals surface area contributed by atoms with Crippen molar-refractivity contribution in [1.29, 1.82) is 0 Å². The second kappa shape index (κ2) is 7.32. The minimum Gasteiger partial charge on any atom is -0.318 e. The summed E-state index contributed by atoms with van der Waals surface area (Å²) in [6, 6.07) is 18.0. The fourth-order valence-electron chi connectivity index (χ4n) is 3.97. The molecule has 1 aromatic heterocycles. The van der Waals surface area contributed by atoms with Gasteiger partial charge in [-0.15, -0.1) is 0 Å². The van der Waals surface area contributed by atoms with Crippen LogP contribution in [0.2, 0.25) is 0 Å². The highest BCUT2D eigenvalue weighted by Crippen LogP contribution is 2.34. The molecule has 1 amide bonds. The lowest BCUT2D eigenvalue weighted by molar-refractivity contribution is -0.118. The number of hydrogen-bond acceptors (Lipinski definition) is 2. The van der Waals surface area contributed by atoms with Gasteiger partial charge in [0, 0.05) is 18.7 Å². The topological polar surface area (TPSA) is 38.1 Å². The summed E-state index contributed by atoms with van der Waals surface area (Å²) in [6.45, 7) is 0.331. The zero-order valence-corrected chi connectivity index (χ0v) is 15.3. The predicted octanol–water partition coefficient (Wildman–Crippen LogP) is 4.75. The molecule has 0 N–H and O–H groups in total. The highest BCUT2D eigenvalue weighted by atomic mass is 16.2. The minimum atomic E-state index is 0.0800. The molecule has 1 aliphatic carbocycles. The van der Waals surface area contributed by atoms with Crippen molar-refractivity contribution in [1.82, 2.24) is 9.55 Å². The second-order valence-corrected chi connectivity index (χ2v) is 7.17. The van der Waals surface area contributed by atoms with E-state index in [2.05, 4.69) is 10.6 Å². The Kier molecular flexibility index (Phi) is 4.74. The van der Waals surface area contributed by atoms with Crippen molar-refractivity contribution in [2.45, 2.75) is 44.6 Å². The molecular weight excluding hydrogens is 322 g/mol. The normalized spacial score (nSPS) is 15.3. The molecule has 0 atom stereocenters. The molecule has 3 aromatic rings. The largest absolute Gasteiger partial charge is 0.318 e. The number of benzene rings is 2. The third-order valence-corrected chi connectivity index (χ3v) is 5.47. The highest BCUT2D eigenvalue weighted by molar-refractivity contribution is 5.93. The summed E-state index contributed by atoms with van der Waals surface area (Å²) < 4.78 is 2.15. The Balaban J connectivity index is 1.67. The van der Waals surface area contributed by atoms with Crippen LogP contribution in [0.3, 0.4) is 0 Å². The fourth-order valence-corrected chi connectivity index (χ4v) is 3.97. The minimum absolute atomic E-state index is 0.0800. The van der Waals surface area contributed by atoms with Crippen LogP contribution < -0.4 is 4.90 Å². The zero-order chi connectivity index (χ0) is 17.9. The van der Waals surface area contributed by atoms with Gasteiger partial charge in [-0.1, -0.05) is 49.6 Å². The summed E-state index contributed by atoms with van der Waals surface area (Å²) in [5.41, 5.74) is 2.97. The van der Waals surface area contributed by atoms with E-state index in [-0.39, 0.29) is 5.91 Å². The number of anilines is 1. The standard InChI is InChI=1S/C22H25N3O/c1-24(18-12-6-3-7-13-18)21(26)16-25-20-15-9-8-14-19(20)23-22(25)17-10-4-2-5-11-17/h3,6-9,12-15,17H,2,4-5,10-11,16H2,1H3. The molecule has 134 valence electrons. The lowest BCUT2D eigenvalue weighted by Crippen LogP contribution is -2.30. The first-order chi connectivity index (χ1) is 12.7. The van der Waals surface area contributed by atoms with Gasteiger partial charge in [0.2, 0.25) is 5.91 Å². The van der Waals surface area contributed by atoms with Crippen molar-refractivity contribution in [3.05, 3.63) is 60.4 Å². The summed E-state index contributed by atoms with van der Waals surface area (Å²) in [6.07, 6.45) is 6.17. The zero-order valence-electron chi connectivity index (χ0n) is 15.3. The Hall–Kier alpha value is -2.62. The number of carbonyl (C=O) groups is 1. The van der Waals surface area contributed by atoms with Crippen LogP contribution in [0.25, 0.3) is 11.0 Å². The number of fused-ring (bicyclic) bond motifs is 1. The van der Waals surface area contributed by atoms with Crippen molar-refractivity contribution in [3.63, 3.8) is 0 Å². The van der Waals surface area contributed by atoms with E-state index < -0.39 is 0 Å². The average molecular weight is 347 g/mol. The van der Waals surface area contributed by atoms with Crippen LogP contribution in [-0.4, -0.2) is 22.5 Å². The van der Waals surface area contributed by atoms with Gasteiger partial charge in [-0.2, -0.15) is 0 Å². The van der Waals surface area contributed by atoms with Crippen molar-refractivity contribution in [3.8, 4) is 0 Å². The first-order valence-corrected chi connectivity index (χ1v) is 9.51.